The lowest BCUT2D eigenvalue weighted by atomic mass is 10.1. The largest absolute Gasteiger partial charge is 0.295 e. The second-order valence-electron chi connectivity index (χ2n) is 3.11. The molecule has 0 unspecified atom stereocenters. The quantitative estimate of drug-likeness (QED) is 0.469. The zero-order chi connectivity index (χ0) is 12.4. The highest BCUT2D eigenvalue weighted by atomic mass is 35.5. The molecule has 0 aliphatic rings. The van der Waals surface area contributed by atoms with Crippen LogP contribution in [-0.4, -0.2) is 14.9 Å². The number of aromatic nitrogens is 2. The van der Waals surface area contributed by atoms with E-state index in [1.165, 1.54) is 24.4 Å². The molecule has 86 valence electrons. The first-order valence-corrected chi connectivity index (χ1v) is 4.88. The van der Waals surface area contributed by atoms with Gasteiger partial charge < -0.3 is 0 Å². The van der Waals surface area contributed by atoms with Gasteiger partial charge in [0.15, 0.2) is 11.5 Å². The maximum Gasteiger partial charge on any atom is 0.295 e. The summed E-state index contributed by atoms with van der Waals surface area (Å²) in [5.41, 5.74) is -0.420. The lowest BCUT2D eigenvalue weighted by Crippen LogP contribution is -1.97. The molecule has 0 aromatic carbocycles. The molecule has 0 atom stereocenters. The molecule has 2 aromatic heterocycles. The Hall–Kier alpha value is -2.08. The predicted octanol–water partition coefficient (Wildman–Crippen LogP) is 2.84. The van der Waals surface area contributed by atoms with Crippen molar-refractivity contribution in [3.63, 3.8) is 0 Å². The van der Waals surface area contributed by atoms with E-state index in [1.54, 1.807) is 0 Å². The van der Waals surface area contributed by atoms with Gasteiger partial charge in [0, 0.05) is 17.8 Å². The predicted molar refractivity (Wildman–Crippen MR) is 59.1 cm³/mol. The molecule has 0 fully saturated rings. The van der Waals surface area contributed by atoms with Crippen LogP contribution >= 0.6 is 11.6 Å². The van der Waals surface area contributed by atoms with Gasteiger partial charge in [-0.3, -0.25) is 15.1 Å². The van der Waals surface area contributed by atoms with Gasteiger partial charge in [0.1, 0.15) is 5.15 Å². The minimum absolute atomic E-state index is 0.00537. The molecule has 7 heteroatoms. The zero-order valence-corrected chi connectivity index (χ0v) is 9.06. The summed E-state index contributed by atoms with van der Waals surface area (Å²) >= 11 is 5.65. The standard InChI is InChI=1S/C10H5ClFN3O2/c11-9-2-1-8(15(16)17)10(14-9)6-3-4-13-5-7(6)12/h1-5H. The van der Waals surface area contributed by atoms with Crippen molar-refractivity contribution in [1.29, 1.82) is 0 Å². The van der Waals surface area contributed by atoms with Gasteiger partial charge in [-0.25, -0.2) is 9.37 Å². The fourth-order valence-electron chi connectivity index (χ4n) is 1.34. The van der Waals surface area contributed by atoms with Crippen molar-refractivity contribution in [2.75, 3.05) is 0 Å². The van der Waals surface area contributed by atoms with Crippen LogP contribution in [-0.2, 0) is 0 Å². The van der Waals surface area contributed by atoms with Crippen molar-refractivity contribution in [2.24, 2.45) is 0 Å². The second-order valence-corrected chi connectivity index (χ2v) is 3.50. The highest BCUT2D eigenvalue weighted by Gasteiger charge is 2.20. The van der Waals surface area contributed by atoms with E-state index in [0.29, 0.717) is 0 Å². The molecule has 0 saturated heterocycles. The molecule has 5 nitrogen and oxygen atoms in total. The van der Waals surface area contributed by atoms with Gasteiger partial charge in [0.2, 0.25) is 0 Å². The third-order valence-electron chi connectivity index (χ3n) is 2.06. The maximum absolute atomic E-state index is 13.5. The van der Waals surface area contributed by atoms with Crippen LogP contribution in [0.5, 0.6) is 0 Å². The molecule has 0 bridgehead atoms. The van der Waals surface area contributed by atoms with E-state index in [0.717, 1.165) is 6.20 Å². The first-order valence-electron chi connectivity index (χ1n) is 4.50. The molecule has 0 aliphatic carbocycles. The molecule has 2 heterocycles. The van der Waals surface area contributed by atoms with Crippen LogP contribution in [0.2, 0.25) is 5.15 Å². The van der Waals surface area contributed by atoms with E-state index in [-0.39, 0.29) is 22.1 Å². The average molecular weight is 254 g/mol. The summed E-state index contributed by atoms with van der Waals surface area (Å²) in [6.07, 6.45) is 2.28. The summed E-state index contributed by atoms with van der Waals surface area (Å²) in [6.45, 7) is 0. The van der Waals surface area contributed by atoms with Crippen LogP contribution in [0, 0.1) is 15.9 Å². The highest BCUT2D eigenvalue weighted by molar-refractivity contribution is 6.29. The molecule has 2 aromatic rings. The minimum atomic E-state index is -0.689. The molecule has 0 spiro atoms. The summed E-state index contributed by atoms with van der Waals surface area (Å²) in [5.74, 6) is -0.689. The normalized spacial score (nSPS) is 10.2. The van der Waals surface area contributed by atoms with Crippen molar-refractivity contribution in [1.82, 2.24) is 9.97 Å². The van der Waals surface area contributed by atoms with Crippen molar-refractivity contribution >= 4 is 17.3 Å². The van der Waals surface area contributed by atoms with Crippen LogP contribution in [0.25, 0.3) is 11.3 Å². The first-order chi connectivity index (χ1) is 8.09. The Morgan fingerprint density at radius 2 is 2.12 bits per heavy atom. The zero-order valence-electron chi connectivity index (χ0n) is 8.30. The maximum atomic E-state index is 13.5. The molecule has 0 radical (unpaired) electrons. The van der Waals surface area contributed by atoms with Crippen molar-refractivity contribution in [2.45, 2.75) is 0 Å². The van der Waals surface area contributed by atoms with Crippen molar-refractivity contribution < 1.29 is 9.31 Å². The third-order valence-corrected chi connectivity index (χ3v) is 2.27. The minimum Gasteiger partial charge on any atom is -0.262 e. The van der Waals surface area contributed by atoms with Gasteiger partial charge in [-0.2, -0.15) is 0 Å². The monoisotopic (exact) mass is 253 g/mol. The van der Waals surface area contributed by atoms with E-state index < -0.39 is 10.7 Å². The van der Waals surface area contributed by atoms with Gasteiger partial charge in [0.25, 0.3) is 5.69 Å². The number of nitro groups is 1. The fraction of sp³-hybridized carbons (Fsp3) is 0. The van der Waals surface area contributed by atoms with Crippen molar-refractivity contribution in [3.8, 4) is 11.3 Å². The van der Waals surface area contributed by atoms with Gasteiger partial charge >= 0.3 is 0 Å². The SMILES string of the molecule is O=[N+]([O-])c1ccc(Cl)nc1-c1ccncc1F. The summed E-state index contributed by atoms with van der Waals surface area (Å²) < 4.78 is 13.5. The Kier molecular flexibility index (Phi) is 2.97. The number of hydrogen-bond donors (Lipinski definition) is 0. The molecule has 0 saturated carbocycles. The molecule has 17 heavy (non-hydrogen) atoms. The first kappa shape index (κ1) is 11.4. The molecule has 0 N–H and O–H groups in total. The van der Waals surface area contributed by atoms with Gasteiger partial charge in [-0.15, -0.1) is 0 Å². The number of pyridine rings is 2. The van der Waals surface area contributed by atoms with E-state index in [4.69, 9.17) is 11.6 Å². The molecule has 0 amide bonds. The van der Waals surface area contributed by atoms with Gasteiger partial charge in [-0.05, 0) is 12.1 Å². The van der Waals surface area contributed by atoms with Crippen LogP contribution in [0.3, 0.4) is 0 Å². The fourth-order valence-corrected chi connectivity index (χ4v) is 1.49. The summed E-state index contributed by atoms with van der Waals surface area (Å²) in [6, 6.07) is 3.77. The Morgan fingerprint density at radius 3 is 2.76 bits per heavy atom. The Balaban J connectivity index is 2.70. The molecular weight excluding hydrogens is 249 g/mol. The Morgan fingerprint density at radius 1 is 1.35 bits per heavy atom. The summed E-state index contributed by atoms with van der Waals surface area (Å²) in [5, 5.41) is 10.9. The second kappa shape index (κ2) is 4.42. The van der Waals surface area contributed by atoms with Crippen LogP contribution in [0.4, 0.5) is 10.1 Å². The van der Waals surface area contributed by atoms with E-state index in [2.05, 4.69) is 9.97 Å². The summed E-state index contributed by atoms with van der Waals surface area (Å²) in [4.78, 5) is 17.5. The van der Waals surface area contributed by atoms with Crippen LogP contribution < -0.4 is 0 Å². The molecule has 2 rings (SSSR count). The van der Waals surface area contributed by atoms with E-state index in [1.807, 2.05) is 0 Å². The Labute approximate surface area is 100 Å². The van der Waals surface area contributed by atoms with E-state index >= 15 is 0 Å². The number of nitrogens with zero attached hydrogens (tertiary/aromatic N) is 3. The molecule has 0 aliphatic heterocycles. The topological polar surface area (TPSA) is 68.9 Å². The van der Waals surface area contributed by atoms with Crippen LogP contribution in [0.15, 0.2) is 30.6 Å². The summed E-state index contributed by atoms with van der Waals surface area (Å²) in [7, 11) is 0. The van der Waals surface area contributed by atoms with Crippen molar-refractivity contribution in [3.05, 3.63) is 51.7 Å². The smallest absolute Gasteiger partial charge is 0.262 e. The van der Waals surface area contributed by atoms with E-state index in [9.17, 15) is 14.5 Å². The number of halogens is 2. The van der Waals surface area contributed by atoms with Gasteiger partial charge in [-0.1, -0.05) is 11.6 Å². The Bertz CT molecular complexity index is 592. The average Bonchev–Trinajstić information content (AvgIpc) is 2.29. The van der Waals surface area contributed by atoms with Gasteiger partial charge in [0.05, 0.1) is 11.1 Å². The lowest BCUT2D eigenvalue weighted by molar-refractivity contribution is -0.384. The number of hydrogen-bond acceptors (Lipinski definition) is 4. The molecular formula is C10H5ClFN3O2. The third kappa shape index (κ3) is 2.21. The lowest BCUT2D eigenvalue weighted by Gasteiger charge is -2.03. The number of rotatable bonds is 2. The van der Waals surface area contributed by atoms with Crippen LogP contribution in [0.1, 0.15) is 0 Å². The highest BCUT2D eigenvalue weighted by Crippen LogP contribution is 2.30.